The van der Waals surface area contributed by atoms with Gasteiger partial charge in [-0.15, -0.1) is 0 Å². The molecule has 0 aromatic heterocycles. The molecule has 7 aromatic carbocycles. The number of benzene rings is 7. The van der Waals surface area contributed by atoms with E-state index in [0.29, 0.717) is 0 Å². The van der Waals surface area contributed by atoms with Gasteiger partial charge in [-0.05, 0) is 93.7 Å². The van der Waals surface area contributed by atoms with Crippen LogP contribution in [0.3, 0.4) is 0 Å². The summed E-state index contributed by atoms with van der Waals surface area (Å²) in [5, 5.41) is 4.64. The predicted octanol–water partition coefficient (Wildman–Crippen LogP) is 13.5. The second-order valence-corrected chi connectivity index (χ2v) is 11.6. The topological polar surface area (TPSA) is 6.48 Å². The maximum atomic E-state index is 4.07. The van der Waals surface area contributed by atoms with Gasteiger partial charge in [0.15, 0.2) is 0 Å². The molecule has 0 saturated heterocycles. The van der Waals surface area contributed by atoms with Gasteiger partial charge in [0.2, 0.25) is 0 Å². The fraction of sp³-hybridized carbons (Fsp3) is 0. The zero-order valence-corrected chi connectivity index (χ0v) is 26.9. The minimum atomic E-state index is 1.05. The zero-order valence-electron chi connectivity index (χ0n) is 26.9. The first-order valence-corrected chi connectivity index (χ1v) is 16.1. The minimum Gasteiger partial charge on any atom is -0.310 e. The lowest BCUT2D eigenvalue weighted by Crippen LogP contribution is -2.13. The third kappa shape index (κ3) is 5.50. The highest BCUT2D eigenvalue weighted by Crippen LogP contribution is 2.43. The Morgan fingerprint density at radius 3 is 0.938 bits per heavy atom. The molecule has 0 radical (unpaired) electrons. The van der Waals surface area contributed by atoms with Gasteiger partial charge in [0.25, 0.3) is 0 Å². The third-order valence-electron chi connectivity index (χ3n) is 8.93. The molecule has 0 atom stereocenters. The molecule has 0 fully saturated rings. The molecule has 0 aliphatic heterocycles. The van der Waals surface area contributed by atoms with Gasteiger partial charge in [-0.25, -0.2) is 0 Å². The monoisotopic (exact) mass is 616 g/mol. The van der Waals surface area contributed by atoms with E-state index >= 15 is 0 Å². The second kappa shape index (κ2) is 13.2. The van der Waals surface area contributed by atoms with Crippen molar-refractivity contribution in [3.63, 3.8) is 0 Å². The number of hydrogen-bond acceptors (Lipinski definition) is 2. The van der Waals surface area contributed by atoms with E-state index in [4.69, 9.17) is 0 Å². The smallest absolute Gasteiger partial charge is 0.0540 e. The first-order chi connectivity index (χ1) is 23.6. The van der Waals surface area contributed by atoms with Crippen LogP contribution in [0.5, 0.6) is 0 Å². The van der Waals surface area contributed by atoms with E-state index in [1.54, 1.807) is 0 Å². The summed E-state index contributed by atoms with van der Waals surface area (Å²) in [7, 11) is 0. The maximum Gasteiger partial charge on any atom is 0.0540 e. The summed E-state index contributed by atoms with van der Waals surface area (Å²) in [5.74, 6) is 0. The molecule has 2 nitrogen and oxygen atoms in total. The van der Waals surface area contributed by atoms with Crippen LogP contribution in [0.15, 0.2) is 172 Å². The van der Waals surface area contributed by atoms with Crippen molar-refractivity contribution in [2.24, 2.45) is 0 Å². The molecule has 0 bridgehead atoms. The Bertz CT molecular complexity index is 2130. The number of anilines is 6. The summed E-state index contributed by atoms with van der Waals surface area (Å²) in [6.45, 7) is 16.1. The quantitative estimate of drug-likeness (QED) is 0.151. The van der Waals surface area contributed by atoms with Crippen LogP contribution >= 0.6 is 0 Å². The molecule has 7 rings (SSSR count). The van der Waals surface area contributed by atoms with Gasteiger partial charge in [-0.1, -0.05) is 136 Å². The number of hydrogen-bond donors (Lipinski definition) is 0. The molecule has 0 heterocycles. The molecular weight excluding hydrogens is 581 g/mol. The van der Waals surface area contributed by atoms with Crippen molar-refractivity contribution in [2.45, 2.75) is 0 Å². The van der Waals surface area contributed by atoms with Crippen LogP contribution in [0.1, 0.15) is 22.3 Å². The highest BCUT2D eigenvalue weighted by Gasteiger charge is 2.19. The molecule has 7 aromatic rings. The Kier molecular flexibility index (Phi) is 8.30. The molecule has 0 spiro atoms. The summed E-state index contributed by atoms with van der Waals surface area (Å²) < 4.78 is 0. The number of nitrogens with zero attached hydrogens (tertiary/aromatic N) is 2. The normalized spacial score (nSPS) is 10.8. The van der Waals surface area contributed by atoms with E-state index in [-0.39, 0.29) is 0 Å². The Balaban J connectivity index is 1.41. The first kappa shape index (κ1) is 30.3. The fourth-order valence-electron chi connectivity index (χ4n) is 6.48. The third-order valence-corrected chi connectivity index (χ3v) is 8.93. The van der Waals surface area contributed by atoms with Crippen molar-refractivity contribution in [1.82, 2.24) is 0 Å². The van der Waals surface area contributed by atoms with E-state index in [1.165, 1.54) is 10.8 Å². The van der Waals surface area contributed by atoms with Crippen molar-refractivity contribution in [3.8, 4) is 0 Å². The van der Waals surface area contributed by atoms with Crippen LogP contribution in [0.2, 0.25) is 0 Å². The molecule has 230 valence electrons. The fourth-order valence-corrected chi connectivity index (χ4v) is 6.48. The van der Waals surface area contributed by atoms with Crippen LogP contribution in [-0.4, -0.2) is 0 Å². The summed E-state index contributed by atoms with van der Waals surface area (Å²) in [6, 6.07) is 51.6. The maximum absolute atomic E-state index is 4.07. The Morgan fingerprint density at radius 1 is 0.312 bits per heavy atom. The van der Waals surface area contributed by atoms with Crippen molar-refractivity contribution < 1.29 is 0 Å². The van der Waals surface area contributed by atoms with Gasteiger partial charge < -0.3 is 9.80 Å². The van der Waals surface area contributed by atoms with E-state index in [1.807, 2.05) is 24.3 Å². The van der Waals surface area contributed by atoms with Gasteiger partial charge in [0, 0.05) is 33.5 Å². The first-order valence-electron chi connectivity index (χ1n) is 16.1. The Labute approximate surface area is 283 Å². The molecule has 0 N–H and O–H groups in total. The molecule has 2 heteroatoms. The number of rotatable bonds is 10. The average Bonchev–Trinajstić information content (AvgIpc) is 3.16. The highest BCUT2D eigenvalue weighted by atomic mass is 15.2. The summed E-state index contributed by atoms with van der Waals surface area (Å²) in [4.78, 5) is 4.65. The van der Waals surface area contributed by atoms with E-state index in [9.17, 15) is 0 Å². The minimum absolute atomic E-state index is 1.05. The zero-order chi connectivity index (χ0) is 33.0. The van der Waals surface area contributed by atoms with Gasteiger partial charge >= 0.3 is 0 Å². The summed E-state index contributed by atoms with van der Waals surface area (Å²) in [6.07, 6.45) is 7.59. The van der Waals surface area contributed by atoms with Gasteiger partial charge in [0.1, 0.15) is 0 Å². The second-order valence-electron chi connectivity index (χ2n) is 11.6. The van der Waals surface area contributed by atoms with Gasteiger partial charge in [0.05, 0.1) is 11.4 Å². The molecule has 0 saturated carbocycles. The summed E-state index contributed by atoms with van der Waals surface area (Å²) >= 11 is 0. The molecule has 0 aliphatic rings. The van der Waals surface area contributed by atoms with Crippen LogP contribution in [0.25, 0.3) is 45.8 Å². The van der Waals surface area contributed by atoms with Crippen molar-refractivity contribution >= 4 is 80.0 Å². The van der Waals surface area contributed by atoms with Gasteiger partial charge in [-0.3, -0.25) is 0 Å². The van der Waals surface area contributed by atoms with Gasteiger partial charge in [-0.2, -0.15) is 0 Å². The number of fused-ring (bicyclic) bond motifs is 2. The molecule has 0 amide bonds. The lowest BCUT2D eigenvalue weighted by atomic mass is 10.0. The highest BCUT2D eigenvalue weighted by molar-refractivity contribution is 6.04. The Morgan fingerprint density at radius 2 is 0.625 bits per heavy atom. The predicted molar refractivity (Wildman–Crippen MR) is 211 cm³/mol. The van der Waals surface area contributed by atoms with Crippen LogP contribution in [0, 0.1) is 0 Å². The molecule has 48 heavy (non-hydrogen) atoms. The van der Waals surface area contributed by atoms with Crippen molar-refractivity contribution in [2.75, 3.05) is 9.80 Å². The van der Waals surface area contributed by atoms with Crippen molar-refractivity contribution in [3.05, 3.63) is 194 Å². The largest absolute Gasteiger partial charge is 0.310 e. The van der Waals surface area contributed by atoms with E-state index in [2.05, 4.69) is 182 Å². The lowest BCUT2D eigenvalue weighted by molar-refractivity contribution is 1.27. The van der Waals surface area contributed by atoms with Crippen LogP contribution < -0.4 is 9.80 Å². The Hall–Kier alpha value is -6.38. The van der Waals surface area contributed by atoms with E-state index < -0.39 is 0 Å². The summed E-state index contributed by atoms with van der Waals surface area (Å²) in [5.41, 5.74) is 10.8. The standard InChI is InChI=1S/C46H36N2/c1-5-33-17-23-37(24-18-33)47(45-31-21-35(7-3)41-13-9-11-15-43(41)45)39-27-29-40(30-28-39)48(38-25-19-34(6-2)20-26-38)46-32-22-36(8-4)42-14-10-12-16-44(42)46/h5-32H,1-4H2. The van der Waals surface area contributed by atoms with Crippen LogP contribution in [-0.2, 0) is 0 Å². The average molecular weight is 617 g/mol. The van der Waals surface area contributed by atoms with E-state index in [0.717, 1.165) is 67.2 Å². The molecule has 0 unspecified atom stereocenters. The lowest BCUT2D eigenvalue weighted by Gasteiger charge is -2.30. The molecule has 0 aliphatic carbocycles. The van der Waals surface area contributed by atoms with Crippen LogP contribution in [0.4, 0.5) is 34.1 Å². The SMILES string of the molecule is C=Cc1ccc(N(c2ccc(N(c3ccc(C=C)cc3)c3ccc(C=C)c4ccccc34)cc2)c2ccc(C=C)c3ccccc23)cc1. The van der Waals surface area contributed by atoms with Crippen molar-refractivity contribution in [1.29, 1.82) is 0 Å². The molecular formula is C46H36N2.